The van der Waals surface area contributed by atoms with Crippen molar-refractivity contribution in [1.29, 1.82) is 0 Å². The Kier molecular flexibility index (Phi) is 12.9. The van der Waals surface area contributed by atoms with Crippen molar-refractivity contribution in [1.82, 2.24) is 0 Å². The number of hydrogen-bond acceptors (Lipinski definition) is 6. The topological polar surface area (TPSA) is 71.1 Å². The summed E-state index contributed by atoms with van der Waals surface area (Å²) >= 11 is 0. The van der Waals surface area contributed by atoms with E-state index in [-0.39, 0.29) is 42.9 Å². The van der Waals surface area contributed by atoms with Gasteiger partial charge in [0.25, 0.3) is 0 Å². The molecule has 0 bridgehead atoms. The lowest BCUT2D eigenvalue weighted by Gasteiger charge is -2.20. The molecule has 0 rings (SSSR count). The van der Waals surface area contributed by atoms with Gasteiger partial charge < -0.3 is 23.7 Å². The van der Waals surface area contributed by atoms with Crippen LogP contribution in [-0.4, -0.2) is 56.5 Å². The van der Waals surface area contributed by atoms with Crippen LogP contribution < -0.4 is 0 Å². The van der Waals surface area contributed by atoms with E-state index >= 15 is 0 Å². The fourth-order valence-corrected chi connectivity index (χ4v) is 1.68. The summed E-state index contributed by atoms with van der Waals surface area (Å²) in [6, 6.07) is 0. The van der Waals surface area contributed by atoms with E-state index in [1.54, 1.807) is 6.92 Å². The summed E-state index contributed by atoms with van der Waals surface area (Å²) in [4.78, 5) is 22.3. The molecule has 0 N–H and O–H groups in total. The van der Waals surface area contributed by atoms with Crippen molar-refractivity contribution in [2.45, 2.75) is 72.2 Å². The second kappa shape index (κ2) is 13.5. The number of hydrogen-bond donors (Lipinski definition) is 0. The van der Waals surface area contributed by atoms with Gasteiger partial charge in [0.05, 0.1) is 38.4 Å². The molecule has 0 aromatic heterocycles. The maximum Gasteiger partial charge on any atom is 0.306 e. The minimum absolute atomic E-state index is 0.0198. The van der Waals surface area contributed by atoms with Crippen molar-refractivity contribution in [2.24, 2.45) is 0 Å². The summed E-state index contributed by atoms with van der Waals surface area (Å²) in [5.74, 6) is -0.393. The maximum absolute atomic E-state index is 11.5. The molecule has 0 saturated heterocycles. The fraction of sp³-hybridized carbons (Fsp3) is 0.882. The summed E-state index contributed by atoms with van der Waals surface area (Å²) in [6.45, 7) is 11.2. The average molecular weight is 332 g/mol. The minimum Gasteiger partial charge on any atom is -0.460 e. The molecule has 0 aromatic carbocycles. The number of esters is 1. The van der Waals surface area contributed by atoms with Crippen LogP contribution in [0.25, 0.3) is 0 Å². The van der Waals surface area contributed by atoms with Crippen LogP contribution in [-0.2, 0) is 28.5 Å². The molecule has 6 nitrogen and oxygen atoms in total. The highest BCUT2D eigenvalue weighted by Gasteiger charge is 2.13. The van der Waals surface area contributed by atoms with Crippen LogP contribution >= 0.6 is 0 Å². The third-order valence-corrected chi connectivity index (χ3v) is 2.95. The van der Waals surface area contributed by atoms with E-state index in [1.165, 1.54) is 6.92 Å². The van der Waals surface area contributed by atoms with E-state index in [0.29, 0.717) is 19.8 Å². The Hall–Kier alpha value is -0.980. The predicted octanol–water partition coefficient (Wildman–Crippen LogP) is 2.52. The van der Waals surface area contributed by atoms with Gasteiger partial charge in [0.15, 0.2) is 0 Å². The number of ether oxygens (including phenoxy) is 4. The molecule has 0 aliphatic heterocycles. The van der Waals surface area contributed by atoms with Crippen molar-refractivity contribution in [2.75, 3.05) is 26.4 Å². The molecule has 0 aromatic rings. The van der Waals surface area contributed by atoms with E-state index in [0.717, 1.165) is 13.0 Å². The summed E-state index contributed by atoms with van der Waals surface area (Å²) < 4.78 is 21.8. The van der Waals surface area contributed by atoms with Gasteiger partial charge in [-0.25, -0.2) is 0 Å². The lowest BCUT2D eigenvalue weighted by Crippen LogP contribution is -2.27. The van der Waals surface area contributed by atoms with Gasteiger partial charge >= 0.3 is 5.97 Å². The van der Waals surface area contributed by atoms with Gasteiger partial charge in [0, 0.05) is 13.0 Å². The molecular formula is C17H32O6. The fourth-order valence-electron chi connectivity index (χ4n) is 1.68. The van der Waals surface area contributed by atoms with Crippen LogP contribution in [0.2, 0.25) is 0 Å². The Balaban J connectivity index is 3.72. The Morgan fingerprint density at radius 3 is 2.00 bits per heavy atom. The second-order valence-electron chi connectivity index (χ2n) is 5.87. The molecule has 0 spiro atoms. The van der Waals surface area contributed by atoms with Crippen LogP contribution in [0.4, 0.5) is 0 Å². The van der Waals surface area contributed by atoms with E-state index < -0.39 is 0 Å². The van der Waals surface area contributed by atoms with E-state index in [4.69, 9.17) is 18.9 Å². The van der Waals surface area contributed by atoms with Crippen LogP contribution in [0, 0.1) is 0 Å². The molecular weight excluding hydrogens is 300 g/mol. The zero-order chi connectivity index (χ0) is 17.7. The van der Waals surface area contributed by atoms with E-state index in [1.807, 2.05) is 13.8 Å². The number of Topliss-reactive ketones (excluding diaryl/α,β-unsaturated/α-hetero) is 1. The monoisotopic (exact) mass is 332 g/mol. The highest BCUT2D eigenvalue weighted by molar-refractivity contribution is 5.81. The van der Waals surface area contributed by atoms with Crippen molar-refractivity contribution in [3.63, 3.8) is 0 Å². The smallest absolute Gasteiger partial charge is 0.306 e. The lowest BCUT2D eigenvalue weighted by molar-refractivity contribution is -0.153. The van der Waals surface area contributed by atoms with Crippen LogP contribution in [0.15, 0.2) is 0 Å². The Morgan fingerprint density at radius 2 is 1.43 bits per heavy atom. The molecule has 0 heterocycles. The summed E-state index contributed by atoms with van der Waals surface area (Å²) in [5, 5.41) is 0. The third-order valence-electron chi connectivity index (χ3n) is 2.95. The molecule has 23 heavy (non-hydrogen) atoms. The molecule has 3 atom stereocenters. The minimum atomic E-state index is -0.373. The number of rotatable bonds is 14. The van der Waals surface area contributed by atoms with Gasteiger partial charge in [-0.15, -0.1) is 0 Å². The molecule has 136 valence electrons. The first-order valence-electron chi connectivity index (χ1n) is 8.35. The summed E-state index contributed by atoms with van der Waals surface area (Å²) in [5.41, 5.74) is 0. The first-order valence-corrected chi connectivity index (χ1v) is 8.35. The molecule has 0 aliphatic carbocycles. The van der Waals surface area contributed by atoms with Gasteiger partial charge in [0.1, 0.15) is 11.9 Å². The normalized spacial score (nSPS) is 15.0. The Labute approximate surface area is 139 Å². The Bertz CT molecular complexity index is 331. The molecule has 0 saturated carbocycles. The van der Waals surface area contributed by atoms with Gasteiger partial charge in [-0.1, -0.05) is 6.92 Å². The SMILES string of the molecule is CCCOCC(C)OCC(C)OCC(C)OC(=O)CCC(C)=O. The molecule has 6 heteroatoms. The predicted molar refractivity (Wildman–Crippen MR) is 87.4 cm³/mol. The molecule has 0 radical (unpaired) electrons. The van der Waals surface area contributed by atoms with Gasteiger partial charge in [-0.3, -0.25) is 4.79 Å². The summed E-state index contributed by atoms with van der Waals surface area (Å²) in [7, 11) is 0. The van der Waals surface area contributed by atoms with E-state index in [9.17, 15) is 9.59 Å². The van der Waals surface area contributed by atoms with Crippen LogP contribution in [0.5, 0.6) is 0 Å². The van der Waals surface area contributed by atoms with Gasteiger partial charge in [-0.05, 0) is 34.1 Å². The van der Waals surface area contributed by atoms with Gasteiger partial charge in [-0.2, -0.15) is 0 Å². The maximum atomic E-state index is 11.5. The quantitative estimate of drug-likeness (QED) is 0.359. The highest BCUT2D eigenvalue weighted by Crippen LogP contribution is 2.03. The first-order chi connectivity index (χ1) is 10.8. The largest absolute Gasteiger partial charge is 0.460 e. The summed E-state index contributed by atoms with van der Waals surface area (Å²) in [6.07, 6.45) is 0.913. The Morgan fingerprint density at radius 1 is 0.870 bits per heavy atom. The molecule has 0 fully saturated rings. The van der Waals surface area contributed by atoms with E-state index in [2.05, 4.69) is 6.92 Å². The van der Waals surface area contributed by atoms with Crippen LogP contribution in [0.3, 0.4) is 0 Å². The van der Waals surface area contributed by atoms with Gasteiger partial charge in [0.2, 0.25) is 0 Å². The van der Waals surface area contributed by atoms with Crippen molar-refractivity contribution in [3.05, 3.63) is 0 Å². The molecule has 3 unspecified atom stereocenters. The third kappa shape index (κ3) is 14.3. The highest BCUT2D eigenvalue weighted by atomic mass is 16.6. The van der Waals surface area contributed by atoms with Crippen molar-refractivity contribution < 1.29 is 28.5 Å². The number of carbonyl (C=O) groups is 2. The van der Waals surface area contributed by atoms with Crippen LogP contribution in [0.1, 0.15) is 53.9 Å². The lowest BCUT2D eigenvalue weighted by atomic mass is 10.2. The first kappa shape index (κ1) is 22.0. The second-order valence-corrected chi connectivity index (χ2v) is 5.87. The zero-order valence-corrected chi connectivity index (χ0v) is 15.1. The molecule has 0 amide bonds. The standard InChI is InChI=1S/C17H32O6/c1-6-9-20-10-14(3)21-11-15(4)22-12-16(5)23-17(19)8-7-13(2)18/h14-16H,6-12H2,1-5H3. The van der Waals surface area contributed by atoms with Crippen molar-refractivity contribution in [3.8, 4) is 0 Å². The average Bonchev–Trinajstić information content (AvgIpc) is 2.49. The molecule has 0 aliphatic rings. The number of ketones is 1. The number of carbonyl (C=O) groups excluding carboxylic acids is 2. The zero-order valence-electron chi connectivity index (χ0n) is 15.1. The van der Waals surface area contributed by atoms with Crippen molar-refractivity contribution >= 4 is 11.8 Å².